The van der Waals surface area contributed by atoms with Crippen LogP contribution in [-0.2, 0) is 18.9 Å². The molecule has 0 saturated heterocycles. The predicted octanol–water partition coefficient (Wildman–Crippen LogP) is 7.28. The van der Waals surface area contributed by atoms with Crippen LogP contribution in [0.3, 0.4) is 0 Å². The molecule has 0 N–H and O–H groups in total. The van der Waals surface area contributed by atoms with Crippen LogP contribution in [0.5, 0.6) is 0 Å². The summed E-state index contributed by atoms with van der Waals surface area (Å²) in [5.74, 6) is 0.718. The van der Waals surface area contributed by atoms with Crippen molar-refractivity contribution >= 4 is 12.3 Å². The summed E-state index contributed by atoms with van der Waals surface area (Å²) in [5.41, 5.74) is 0. The van der Waals surface area contributed by atoms with E-state index < -0.39 is 18.4 Å². The summed E-state index contributed by atoms with van der Waals surface area (Å²) >= 11 is 0. The van der Waals surface area contributed by atoms with Crippen molar-refractivity contribution in [1.82, 2.24) is 0 Å². The number of carbonyl (C=O) groups excluding carboxylic acids is 2. The average Bonchev–Trinajstić information content (AvgIpc) is 2.75. The molecule has 0 aromatic carbocycles. The predicted molar refractivity (Wildman–Crippen MR) is 120 cm³/mol. The quantitative estimate of drug-likeness (QED) is 0.213. The van der Waals surface area contributed by atoms with Gasteiger partial charge in [0.05, 0.1) is 13.2 Å². The summed E-state index contributed by atoms with van der Waals surface area (Å²) in [6, 6.07) is 0. The van der Waals surface area contributed by atoms with Crippen LogP contribution in [-0.4, -0.2) is 38.2 Å². The van der Waals surface area contributed by atoms with E-state index in [0.29, 0.717) is 31.5 Å². The van der Waals surface area contributed by atoms with E-state index in [0.717, 1.165) is 64.2 Å². The third-order valence-electron chi connectivity index (χ3n) is 5.49. The third kappa shape index (κ3) is 15.4. The van der Waals surface area contributed by atoms with Gasteiger partial charge in [-0.05, 0) is 37.5 Å². The normalized spacial score (nSPS) is 13.9. The van der Waals surface area contributed by atoms with Crippen LogP contribution in [0.1, 0.15) is 105 Å². The summed E-state index contributed by atoms with van der Waals surface area (Å²) < 4.78 is 21.2. The van der Waals surface area contributed by atoms with Crippen molar-refractivity contribution in [3.8, 4) is 0 Å². The summed E-state index contributed by atoms with van der Waals surface area (Å²) in [4.78, 5) is 24.0. The first-order valence-electron chi connectivity index (χ1n) is 12.1. The molecule has 0 rings (SSSR count). The molecule has 0 amide bonds. The average molecular weight is 431 g/mol. The minimum absolute atomic E-state index is 0.00722. The smallest absolute Gasteiger partial charge is 0.434 e. The highest BCUT2D eigenvalue weighted by molar-refractivity contribution is 5.61. The van der Waals surface area contributed by atoms with E-state index in [2.05, 4.69) is 34.6 Å². The Bertz CT molecular complexity index is 426. The van der Waals surface area contributed by atoms with E-state index in [1.54, 1.807) is 0 Å². The lowest BCUT2D eigenvalue weighted by molar-refractivity contribution is -0.0260. The molecule has 0 aliphatic heterocycles. The Kier molecular flexibility index (Phi) is 18.6. The van der Waals surface area contributed by atoms with Gasteiger partial charge in [-0.15, -0.1) is 0 Å². The molecule has 0 aromatic heterocycles. The van der Waals surface area contributed by atoms with Crippen LogP contribution < -0.4 is 0 Å². The minimum atomic E-state index is -0.700. The second-order valence-electron chi connectivity index (χ2n) is 8.15. The number of ether oxygens (including phenoxy) is 4. The lowest BCUT2D eigenvalue weighted by atomic mass is 10.0. The number of hydrogen-bond acceptors (Lipinski definition) is 6. The van der Waals surface area contributed by atoms with Crippen LogP contribution in [0.25, 0.3) is 0 Å². The zero-order valence-electron chi connectivity index (χ0n) is 20.1. The fourth-order valence-electron chi connectivity index (χ4n) is 3.15. The highest BCUT2D eigenvalue weighted by Crippen LogP contribution is 2.15. The molecule has 0 saturated carbocycles. The van der Waals surface area contributed by atoms with Gasteiger partial charge in [-0.2, -0.15) is 0 Å². The summed E-state index contributed by atoms with van der Waals surface area (Å²) in [6.45, 7) is 11.3. The molecule has 0 bridgehead atoms. The van der Waals surface area contributed by atoms with Crippen molar-refractivity contribution in [3.63, 3.8) is 0 Å². The maximum Gasteiger partial charge on any atom is 0.508 e. The largest absolute Gasteiger partial charge is 0.508 e. The maximum absolute atomic E-state index is 12.1. The zero-order chi connectivity index (χ0) is 22.6. The second kappa shape index (κ2) is 19.5. The van der Waals surface area contributed by atoms with Gasteiger partial charge in [-0.25, -0.2) is 9.59 Å². The summed E-state index contributed by atoms with van der Waals surface area (Å²) in [7, 11) is 0. The molecule has 0 heterocycles. The van der Waals surface area contributed by atoms with Crippen molar-refractivity contribution < 1.29 is 28.5 Å². The van der Waals surface area contributed by atoms with E-state index in [1.807, 2.05) is 0 Å². The van der Waals surface area contributed by atoms with Crippen molar-refractivity contribution in [2.24, 2.45) is 11.8 Å². The van der Waals surface area contributed by atoms with Gasteiger partial charge < -0.3 is 18.9 Å². The van der Waals surface area contributed by atoms with E-state index in [9.17, 15) is 9.59 Å². The van der Waals surface area contributed by atoms with Crippen LogP contribution in [0.4, 0.5) is 9.59 Å². The number of hydrogen-bond donors (Lipinski definition) is 0. The van der Waals surface area contributed by atoms with E-state index in [-0.39, 0.29) is 6.61 Å². The number of unbranched alkanes of at least 4 members (excludes halogenated alkanes) is 3. The molecule has 0 spiro atoms. The SMILES string of the molecule is CCCCC(CC)COC(=O)OCC(CCCC)OC(=O)OCC(CC)CCCC. The molecule has 0 aromatic rings. The van der Waals surface area contributed by atoms with Crippen molar-refractivity contribution in [2.45, 2.75) is 111 Å². The fraction of sp³-hybridized carbons (Fsp3) is 0.917. The molecule has 0 aliphatic carbocycles. The first-order chi connectivity index (χ1) is 14.5. The Morgan fingerprint density at radius 3 is 1.50 bits per heavy atom. The van der Waals surface area contributed by atoms with Gasteiger partial charge in [-0.3, -0.25) is 0 Å². The topological polar surface area (TPSA) is 71.1 Å². The lowest BCUT2D eigenvalue weighted by Crippen LogP contribution is -2.27. The monoisotopic (exact) mass is 430 g/mol. The van der Waals surface area contributed by atoms with Crippen LogP contribution >= 0.6 is 0 Å². The Labute approximate surface area is 184 Å². The van der Waals surface area contributed by atoms with Crippen LogP contribution in [0.15, 0.2) is 0 Å². The molecule has 6 nitrogen and oxygen atoms in total. The van der Waals surface area contributed by atoms with E-state index >= 15 is 0 Å². The summed E-state index contributed by atoms with van der Waals surface area (Å²) in [5, 5.41) is 0. The maximum atomic E-state index is 12.1. The van der Waals surface area contributed by atoms with Gasteiger partial charge in [-0.1, -0.05) is 79.6 Å². The zero-order valence-corrected chi connectivity index (χ0v) is 20.1. The van der Waals surface area contributed by atoms with Gasteiger partial charge in [0.2, 0.25) is 0 Å². The van der Waals surface area contributed by atoms with Crippen molar-refractivity contribution in [3.05, 3.63) is 0 Å². The highest BCUT2D eigenvalue weighted by atomic mass is 16.8. The van der Waals surface area contributed by atoms with Crippen molar-refractivity contribution in [2.75, 3.05) is 19.8 Å². The molecule has 6 heteroatoms. The third-order valence-corrected chi connectivity index (χ3v) is 5.49. The van der Waals surface area contributed by atoms with Gasteiger partial charge >= 0.3 is 12.3 Å². The number of carbonyl (C=O) groups is 2. The Hall–Kier alpha value is -1.46. The van der Waals surface area contributed by atoms with Crippen LogP contribution in [0, 0.1) is 11.8 Å². The fourth-order valence-corrected chi connectivity index (χ4v) is 3.15. The second-order valence-corrected chi connectivity index (χ2v) is 8.15. The van der Waals surface area contributed by atoms with Crippen molar-refractivity contribution in [1.29, 1.82) is 0 Å². The molecule has 0 radical (unpaired) electrons. The molecular weight excluding hydrogens is 384 g/mol. The molecule has 3 atom stereocenters. The first kappa shape index (κ1) is 28.5. The van der Waals surface area contributed by atoms with Crippen LogP contribution in [0.2, 0.25) is 0 Å². The standard InChI is InChI=1S/C24H46O6/c1-6-11-14-20(9-4)17-27-23(25)29-19-22(16-13-8-3)30-24(26)28-18-21(10-5)15-12-7-2/h20-22H,6-19H2,1-5H3. The Morgan fingerprint density at radius 1 is 0.600 bits per heavy atom. The molecule has 0 fully saturated rings. The Balaban J connectivity index is 4.35. The summed E-state index contributed by atoms with van der Waals surface area (Å²) in [6.07, 6.45) is 9.12. The Morgan fingerprint density at radius 2 is 1.03 bits per heavy atom. The minimum Gasteiger partial charge on any atom is -0.434 e. The van der Waals surface area contributed by atoms with E-state index in [1.165, 1.54) is 0 Å². The number of rotatable bonds is 18. The first-order valence-corrected chi connectivity index (χ1v) is 12.1. The van der Waals surface area contributed by atoms with Gasteiger partial charge in [0.15, 0.2) is 0 Å². The molecule has 30 heavy (non-hydrogen) atoms. The molecule has 0 aliphatic rings. The molecule has 3 unspecified atom stereocenters. The highest BCUT2D eigenvalue weighted by Gasteiger charge is 2.20. The molecular formula is C24H46O6. The van der Waals surface area contributed by atoms with E-state index in [4.69, 9.17) is 18.9 Å². The lowest BCUT2D eigenvalue weighted by Gasteiger charge is -2.19. The van der Waals surface area contributed by atoms with Gasteiger partial charge in [0.1, 0.15) is 12.7 Å². The molecule has 178 valence electrons. The van der Waals surface area contributed by atoms with Gasteiger partial charge in [0, 0.05) is 0 Å². The van der Waals surface area contributed by atoms with Gasteiger partial charge in [0.25, 0.3) is 0 Å².